The normalized spacial score (nSPS) is 36.4. The number of nitrogens with one attached hydrogen (secondary N) is 1. The van der Waals surface area contributed by atoms with Gasteiger partial charge in [-0.15, -0.1) is 0 Å². The minimum atomic E-state index is -1.75. The minimum Gasteiger partial charge on any atom is -0.393 e. The smallest absolute Gasteiger partial charge is 0.195 e. The van der Waals surface area contributed by atoms with Crippen molar-refractivity contribution in [3.63, 3.8) is 0 Å². The van der Waals surface area contributed by atoms with Gasteiger partial charge in [-0.05, 0) is 6.42 Å². The van der Waals surface area contributed by atoms with Gasteiger partial charge in [-0.25, -0.2) is 4.39 Å². The number of aliphatic imine (C=N–C) groups is 2. The van der Waals surface area contributed by atoms with Crippen LogP contribution in [-0.2, 0) is 4.74 Å². The molecule has 0 amide bonds. The molecule has 5 N–H and O–H groups in total. The quantitative estimate of drug-likeness (QED) is 0.525. The Morgan fingerprint density at radius 2 is 2.41 bits per heavy atom. The molecule has 1 saturated heterocycles. The Morgan fingerprint density at radius 1 is 1.68 bits per heavy atom. The van der Waals surface area contributed by atoms with Crippen molar-refractivity contribution in [1.29, 1.82) is 0 Å². The van der Waals surface area contributed by atoms with Crippen molar-refractivity contribution in [1.82, 2.24) is 10.2 Å². The number of hydrogen-bond acceptors (Lipinski definition) is 8. The average Bonchev–Trinajstić information content (AvgIpc) is 2.79. The van der Waals surface area contributed by atoms with E-state index in [9.17, 15) is 14.6 Å². The SMILES string of the molecule is C=C1N=C(N)NCCN=CN1[C@@H]1O[C@](CC)(CO)[C@@H](O)[C@H]1F. The van der Waals surface area contributed by atoms with Crippen molar-refractivity contribution in [2.45, 2.75) is 37.4 Å². The summed E-state index contributed by atoms with van der Waals surface area (Å²) in [5, 5.41) is 22.4. The molecule has 0 saturated carbocycles. The van der Waals surface area contributed by atoms with E-state index in [1.54, 1.807) is 6.92 Å². The second-order valence-electron chi connectivity index (χ2n) is 5.24. The lowest BCUT2D eigenvalue weighted by Crippen LogP contribution is -2.44. The summed E-state index contributed by atoms with van der Waals surface area (Å²) in [5.74, 6) is 0.263. The lowest BCUT2D eigenvalue weighted by molar-refractivity contribution is -0.131. The maximum Gasteiger partial charge on any atom is 0.195 e. The first-order valence-electron chi connectivity index (χ1n) is 7.11. The highest BCUT2D eigenvalue weighted by Gasteiger charge is 2.55. The van der Waals surface area contributed by atoms with Crippen LogP contribution in [0.4, 0.5) is 4.39 Å². The lowest BCUT2D eigenvalue weighted by atomic mass is 9.94. The van der Waals surface area contributed by atoms with Gasteiger partial charge < -0.3 is 26.0 Å². The van der Waals surface area contributed by atoms with Gasteiger partial charge in [0.05, 0.1) is 19.5 Å². The molecule has 2 rings (SSSR count). The lowest BCUT2D eigenvalue weighted by Gasteiger charge is -2.30. The number of nitrogens with two attached hydrogens (primary N) is 1. The number of aliphatic hydroxyl groups is 2. The summed E-state index contributed by atoms with van der Waals surface area (Å²) in [5.41, 5.74) is 4.31. The summed E-state index contributed by atoms with van der Waals surface area (Å²) < 4.78 is 20.1. The molecule has 0 aromatic carbocycles. The zero-order valence-corrected chi connectivity index (χ0v) is 12.4. The van der Waals surface area contributed by atoms with Crippen LogP contribution in [0.2, 0.25) is 0 Å². The van der Waals surface area contributed by atoms with Gasteiger partial charge in [0.2, 0.25) is 0 Å². The van der Waals surface area contributed by atoms with Crippen LogP contribution in [0.1, 0.15) is 13.3 Å². The van der Waals surface area contributed by atoms with Crippen LogP contribution >= 0.6 is 0 Å². The van der Waals surface area contributed by atoms with Gasteiger partial charge in [-0.2, -0.15) is 4.99 Å². The van der Waals surface area contributed by atoms with E-state index in [1.807, 2.05) is 0 Å². The van der Waals surface area contributed by atoms with Crippen LogP contribution in [-0.4, -0.2) is 71.2 Å². The molecule has 8 nitrogen and oxygen atoms in total. The summed E-state index contributed by atoms with van der Waals surface area (Å²) in [7, 11) is 0. The van der Waals surface area contributed by atoms with Crippen molar-refractivity contribution < 1.29 is 19.3 Å². The average molecular weight is 315 g/mol. The third-order valence-corrected chi connectivity index (χ3v) is 3.91. The predicted octanol–water partition coefficient (Wildman–Crippen LogP) is -1.10. The second kappa shape index (κ2) is 6.59. The molecular weight excluding hydrogens is 293 g/mol. The maximum absolute atomic E-state index is 14.5. The standard InChI is InChI=1S/C13H22FN5O3/c1-3-13(6-20)10(21)9(14)11(22-13)19-7-16-4-5-17-12(15)18-8(19)2/h7,9-11,20-21H,2-6H2,1H3,(H3,15,17,18)/t9-,10+,11-,13-/m1/s1. The minimum absolute atomic E-state index is 0.125. The van der Waals surface area contributed by atoms with E-state index >= 15 is 0 Å². The zero-order valence-electron chi connectivity index (χ0n) is 12.4. The van der Waals surface area contributed by atoms with Gasteiger partial charge >= 0.3 is 0 Å². The molecule has 124 valence electrons. The summed E-state index contributed by atoms with van der Waals surface area (Å²) >= 11 is 0. The Hall–Kier alpha value is -1.71. The van der Waals surface area contributed by atoms with E-state index in [4.69, 9.17) is 10.5 Å². The van der Waals surface area contributed by atoms with Gasteiger partial charge in [-0.1, -0.05) is 13.5 Å². The van der Waals surface area contributed by atoms with E-state index in [0.29, 0.717) is 13.1 Å². The van der Waals surface area contributed by atoms with Crippen molar-refractivity contribution in [3.8, 4) is 0 Å². The predicted molar refractivity (Wildman–Crippen MR) is 79.8 cm³/mol. The van der Waals surface area contributed by atoms with Crippen molar-refractivity contribution >= 4 is 12.3 Å². The number of nitrogens with zero attached hydrogens (tertiary/aromatic N) is 3. The summed E-state index contributed by atoms with van der Waals surface area (Å²) in [6, 6.07) is 0. The number of halogens is 1. The molecule has 2 heterocycles. The topological polar surface area (TPSA) is 116 Å². The van der Waals surface area contributed by atoms with Gasteiger partial charge in [0.25, 0.3) is 0 Å². The fourth-order valence-electron chi connectivity index (χ4n) is 2.48. The molecule has 22 heavy (non-hydrogen) atoms. The van der Waals surface area contributed by atoms with Gasteiger partial charge in [0, 0.05) is 6.54 Å². The molecule has 2 aliphatic rings. The number of guanidine groups is 1. The van der Waals surface area contributed by atoms with Crippen molar-refractivity contribution in [3.05, 3.63) is 12.4 Å². The Morgan fingerprint density at radius 3 is 3.00 bits per heavy atom. The number of rotatable bonds is 3. The van der Waals surface area contributed by atoms with Crippen LogP contribution in [0.15, 0.2) is 22.4 Å². The molecule has 1 fully saturated rings. The Balaban J connectivity index is 2.30. The fourth-order valence-corrected chi connectivity index (χ4v) is 2.48. The highest BCUT2D eigenvalue weighted by atomic mass is 19.1. The maximum atomic E-state index is 14.5. The second-order valence-corrected chi connectivity index (χ2v) is 5.24. The van der Waals surface area contributed by atoms with Gasteiger partial charge in [-0.3, -0.25) is 9.89 Å². The number of ether oxygens (including phenoxy) is 1. The molecule has 9 heteroatoms. The van der Waals surface area contributed by atoms with Crippen molar-refractivity contribution in [2.75, 3.05) is 19.7 Å². The first-order valence-corrected chi connectivity index (χ1v) is 7.11. The molecule has 4 atom stereocenters. The third-order valence-electron chi connectivity index (χ3n) is 3.91. The van der Waals surface area contributed by atoms with E-state index in [0.717, 1.165) is 0 Å². The molecule has 0 aromatic heterocycles. The molecule has 0 spiro atoms. The third kappa shape index (κ3) is 2.92. The van der Waals surface area contributed by atoms with Crippen molar-refractivity contribution in [2.24, 2.45) is 15.7 Å². The molecule has 2 aliphatic heterocycles. The molecule has 0 radical (unpaired) electrons. The van der Waals surface area contributed by atoms with Crippen LogP contribution in [0.25, 0.3) is 0 Å². The Kier molecular flexibility index (Phi) is 4.99. The molecular formula is C13H22FN5O3. The highest BCUT2D eigenvalue weighted by Crippen LogP contribution is 2.37. The zero-order chi connectivity index (χ0) is 16.3. The Labute approximate surface area is 128 Å². The Bertz CT molecular complexity index is 480. The first kappa shape index (κ1) is 16.7. The van der Waals surface area contributed by atoms with Crippen LogP contribution < -0.4 is 11.1 Å². The fraction of sp³-hybridized carbons (Fsp3) is 0.692. The molecule has 0 aromatic rings. The van der Waals surface area contributed by atoms with Gasteiger partial charge in [0.1, 0.15) is 17.5 Å². The van der Waals surface area contributed by atoms with Gasteiger partial charge in [0.15, 0.2) is 18.4 Å². The number of aliphatic hydroxyl groups excluding tert-OH is 2. The monoisotopic (exact) mass is 315 g/mol. The molecule has 0 bridgehead atoms. The molecule has 0 unspecified atom stereocenters. The number of alkyl halides is 1. The highest BCUT2D eigenvalue weighted by molar-refractivity contribution is 5.79. The summed E-state index contributed by atoms with van der Waals surface area (Å²) in [6.45, 7) is 5.83. The van der Waals surface area contributed by atoms with E-state index in [1.165, 1.54) is 11.2 Å². The largest absolute Gasteiger partial charge is 0.393 e. The summed E-state index contributed by atoms with van der Waals surface area (Å²) in [4.78, 5) is 9.41. The first-order chi connectivity index (χ1) is 10.4. The van der Waals surface area contributed by atoms with Crippen LogP contribution in [0.3, 0.4) is 0 Å². The van der Waals surface area contributed by atoms with Crippen LogP contribution in [0, 0.1) is 0 Å². The van der Waals surface area contributed by atoms with Crippen LogP contribution in [0.5, 0.6) is 0 Å². The van der Waals surface area contributed by atoms with E-state index in [2.05, 4.69) is 21.9 Å². The van der Waals surface area contributed by atoms with E-state index in [-0.39, 0.29) is 18.2 Å². The molecule has 0 aliphatic carbocycles. The summed E-state index contributed by atoms with van der Waals surface area (Å²) in [6.07, 6.45) is -2.78. The van der Waals surface area contributed by atoms with E-state index < -0.39 is 30.7 Å². The number of hydrogen-bond donors (Lipinski definition) is 4.